The molecule has 2 aromatic rings. The number of rotatable bonds is 7. The van der Waals surface area contributed by atoms with Crippen LogP contribution in [0.1, 0.15) is 16.7 Å². The number of ether oxygens (including phenoxy) is 2. The lowest BCUT2D eigenvalue weighted by Gasteiger charge is -2.25. The van der Waals surface area contributed by atoms with E-state index in [0.717, 1.165) is 28.7 Å². The van der Waals surface area contributed by atoms with E-state index in [9.17, 15) is 4.79 Å². The van der Waals surface area contributed by atoms with Gasteiger partial charge in [0.2, 0.25) is 0 Å². The van der Waals surface area contributed by atoms with Crippen molar-refractivity contribution in [2.75, 3.05) is 32.8 Å². The Bertz CT molecular complexity index is 845. The molecule has 1 aliphatic rings. The Kier molecular flexibility index (Phi) is 8.06. The van der Waals surface area contributed by atoms with Gasteiger partial charge >= 0.3 is 0 Å². The Morgan fingerprint density at radius 2 is 2.03 bits per heavy atom. The zero-order chi connectivity index (χ0) is 20.6. The van der Waals surface area contributed by atoms with E-state index >= 15 is 0 Å². The molecule has 0 spiro atoms. The van der Waals surface area contributed by atoms with Gasteiger partial charge in [-0.15, -0.1) is 0 Å². The number of hydrazone groups is 1. The van der Waals surface area contributed by atoms with Crippen LogP contribution in [0.2, 0.25) is 5.02 Å². The van der Waals surface area contributed by atoms with Gasteiger partial charge in [-0.05, 0) is 46.1 Å². The number of aryl methyl sites for hydroxylation is 1. The van der Waals surface area contributed by atoms with Gasteiger partial charge in [-0.3, -0.25) is 9.69 Å². The first-order chi connectivity index (χ1) is 14.0. The van der Waals surface area contributed by atoms with E-state index in [1.165, 1.54) is 5.56 Å². The van der Waals surface area contributed by atoms with Crippen LogP contribution < -0.4 is 10.2 Å². The smallest absolute Gasteiger partial charge is 0.254 e. The molecule has 0 saturated carbocycles. The van der Waals surface area contributed by atoms with Gasteiger partial charge in [-0.1, -0.05) is 41.4 Å². The molecule has 0 aromatic heterocycles. The molecule has 1 heterocycles. The molecule has 3 rings (SSSR count). The molecule has 8 heteroatoms. The molecule has 1 N–H and O–H groups in total. The predicted molar refractivity (Wildman–Crippen MR) is 118 cm³/mol. The minimum atomic E-state index is -0.161. The Morgan fingerprint density at radius 3 is 2.72 bits per heavy atom. The van der Waals surface area contributed by atoms with Gasteiger partial charge in [0, 0.05) is 13.1 Å². The van der Waals surface area contributed by atoms with Crippen LogP contribution in [0.25, 0.3) is 0 Å². The summed E-state index contributed by atoms with van der Waals surface area (Å²) < 4.78 is 11.9. The van der Waals surface area contributed by atoms with Crippen molar-refractivity contribution < 1.29 is 14.3 Å². The number of hydrogen-bond acceptors (Lipinski definition) is 5. The number of benzene rings is 2. The Labute approximate surface area is 184 Å². The van der Waals surface area contributed by atoms with Crippen molar-refractivity contribution in [2.45, 2.75) is 13.5 Å². The van der Waals surface area contributed by atoms with Crippen molar-refractivity contribution >= 4 is 39.7 Å². The highest BCUT2D eigenvalue weighted by Crippen LogP contribution is 2.34. The zero-order valence-corrected chi connectivity index (χ0v) is 18.5. The van der Waals surface area contributed by atoms with Crippen LogP contribution in [-0.4, -0.2) is 49.9 Å². The van der Waals surface area contributed by atoms with Gasteiger partial charge in [0.05, 0.1) is 35.5 Å². The molecule has 6 nitrogen and oxygen atoms in total. The molecule has 0 bridgehead atoms. The lowest BCUT2D eigenvalue weighted by molar-refractivity contribution is -0.123. The van der Waals surface area contributed by atoms with Gasteiger partial charge in [-0.2, -0.15) is 5.10 Å². The molecule has 2 aromatic carbocycles. The number of hydrogen-bond donors (Lipinski definition) is 1. The molecular formula is C21H23BrClN3O3. The molecule has 1 amide bonds. The number of morpholine rings is 1. The normalized spacial score (nSPS) is 14.9. The Balaban J connectivity index is 1.54. The second-order valence-electron chi connectivity index (χ2n) is 6.77. The fraction of sp³-hybridized carbons (Fsp3) is 0.333. The molecule has 1 saturated heterocycles. The summed E-state index contributed by atoms with van der Waals surface area (Å²) in [6, 6.07) is 11.7. The number of halogens is 2. The van der Waals surface area contributed by atoms with Crippen LogP contribution in [0.15, 0.2) is 46.0 Å². The number of amides is 1. The third kappa shape index (κ3) is 6.82. The Morgan fingerprint density at radius 1 is 1.31 bits per heavy atom. The number of nitrogens with zero attached hydrogens (tertiary/aromatic N) is 2. The third-order valence-corrected chi connectivity index (χ3v) is 5.27. The van der Waals surface area contributed by atoms with Crippen molar-refractivity contribution in [3.8, 4) is 5.75 Å². The summed E-state index contributed by atoms with van der Waals surface area (Å²) in [6.07, 6.45) is 1.55. The lowest BCUT2D eigenvalue weighted by Crippen LogP contribution is -2.42. The van der Waals surface area contributed by atoms with Crippen molar-refractivity contribution in [1.82, 2.24) is 10.3 Å². The molecular weight excluding hydrogens is 458 g/mol. The third-order valence-electron chi connectivity index (χ3n) is 4.40. The van der Waals surface area contributed by atoms with E-state index in [1.54, 1.807) is 12.3 Å². The fourth-order valence-corrected chi connectivity index (χ4v) is 3.80. The molecule has 0 atom stereocenters. The summed E-state index contributed by atoms with van der Waals surface area (Å²) >= 11 is 9.87. The monoisotopic (exact) mass is 479 g/mol. The highest BCUT2D eigenvalue weighted by Gasteiger charge is 2.13. The molecule has 0 unspecified atom stereocenters. The van der Waals surface area contributed by atoms with E-state index in [2.05, 4.69) is 26.5 Å². The average molecular weight is 481 g/mol. The van der Waals surface area contributed by atoms with Crippen LogP contribution in [-0.2, 0) is 16.1 Å². The summed E-state index contributed by atoms with van der Waals surface area (Å²) in [4.78, 5) is 14.0. The molecule has 1 fully saturated rings. The van der Waals surface area contributed by atoms with Crippen molar-refractivity contribution in [3.63, 3.8) is 0 Å². The lowest BCUT2D eigenvalue weighted by atomic mass is 10.2. The van der Waals surface area contributed by atoms with Gasteiger partial charge in [0.15, 0.2) is 5.75 Å². The van der Waals surface area contributed by atoms with Gasteiger partial charge in [0.1, 0.15) is 6.61 Å². The standard InChI is InChI=1S/C21H23BrClN3O3/c1-15-2-4-16(5-3-15)14-29-21-18(22)10-17(11-19(21)23)12-24-25-20(27)13-26-6-8-28-9-7-26/h2-5,10-12H,6-9,13-14H2,1H3,(H,25,27)/b24-12+. The Hall–Kier alpha value is -1.93. The second-order valence-corrected chi connectivity index (χ2v) is 8.03. The van der Waals surface area contributed by atoms with Crippen LogP contribution in [0.5, 0.6) is 5.75 Å². The van der Waals surface area contributed by atoms with E-state index in [-0.39, 0.29) is 5.91 Å². The quantitative estimate of drug-likeness (QED) is 0.484. The largest absolute Gasteiger partial charge is 0.486 e. The second kappa shape index (κ2) is 10.7. The maximum Gasteiger partial charge on any atom is 0.254 e. The van der Waals surface area contributed by atoms with Crippen LogP contribution >= 0.6 is 27.5 Å². The number of carbonyl (C=O) groups is 1. The molecule has 0 radical (unpaired) electrons. The van der Waals surface area contributed by atoms with Crippen LogP contribution in [0.4, 0.5) is 0 Å². The van der Waals surface area contributed by atoms with Gasteiger partial charge in [0.25, 0.3) is 5.91 Å². The van der Waals surface area contributed by atoms with E-state index in [4.69, 9.17) is 21.1 Å². The minimum absolute atomic E-state index is 0.161. The molecule has 1 aliphatic heterocycles. The van der Waals surface area contributed by atoms with Crippen molar-refractivity contribution in [2.24, 2.45) is 5.10 Å². The summed E-state index contributed by atoms with van der Waals surface area (Å²) in [5.74, 6) is 0.409. The molecule has 154 valence electrons. The maximum atomic E-state index is 12.0. The van der Waals surface area contributed by atoms with Crippen LogP contribution in [0, 0.1) is 6.92 Å². The molecule has 29 heavy (non-hydrogen) atoms. The average Bonchev–Trinajstić information content (AvgIpc) is 2.69. The fourth-order valence-electron chi connectivity index (χ4n) is 2.81. The topological polar surface area (TPSA) is 63.2 Å². The maximum absolute atomic E-state index is 12.0. The predicted octanol–water partition coefficient (Wildman–Crippen LogP) is 3.77. The first-order valence-electron chi connectivity index (χ1n) is 9.30. The summed E-state index contributed by atoms with van der Waals surface area (Å²) in [7, 11) is 0. The van der Waals surface area contributed by atoms with Gasteiger partial charge < -0.3 is 9.47 Å². The zero-order valence-electron chi connectivity index (χ0n) is 16.2. The number of carbonyl (C=O) groups excluding carboxylic acids is 1. The van der Waals surface area contributed by atoms with E-state index < -0.39 is 0 Å². The summed E-state index contributed by atoms with van der Waals surface area (Å²) in [5.41, 5.74) is 5.55. The van der Waals surface area contributed by atoms with Crippen LogP contribution in [0.3, 0.4) is 0 Å². The minimum Gasteiger partial charge on any atom is -0.486 e. The number of nitrogens with one attached hydrogen (secondary N) is 1. The highest BCUT2D eigenvalue weighted by atomic mass is 79.9. The molecule has 0 aliphatic carbocycles. The van der Waals surface area contributed by atoms with Crippen molar-refractivity contribution in [1.29, 1.82) is 0 Å². The van der Waals surface area contributed by atoms with Crippen molar-refractivity contribution in [3.05, 3.63) is 62.6 Å². The highest BCUT2D eigenvalue weighted by molar-refractivity contribution is 9.10. The SMILES string of the molecule is Cc1ccc(COc2c(Cl)cc(/C=N/NC(=O)CN3CCOCC3)cc2Br)cc1. The van der Waals surface area contributed by atoms with Gasteiger partial charge in [-0.25, -0.2) is 5.43 Å². The first-order valence-corrected chi connectivity index (χ1v) is 10.5. The van der Waals surface area contributed by atoms with E-state index in [0.29, 0.717) is 37.1 Å². The van der Waals surface area contributed by atoms with E-state index in [1.807, 2.05) is 42.2 Å². The first kappa shape index (κ1) is 21.8. The summed E-state index contributed by atoms with van der Waals surface area (Å²) in [6.45, 7) is 5.58. The summed E-state index contributed by atoms with van der Waals surface area (Å²) in [5, 5.41) is 4.48.